The van der Waals surface area contributed by atoms with Crippen LogP contribution in [0.2, 0.25) is 0 Å². The summed E-state index contributed by atoms with van der Waals surface area (Å²) in [6, 6.07) is 15.0. The van der Waals surface area contributed by atoms with E-state index in [1.165, 1.54) is 42.5 Å². The van der Waals surface area contributed by atoms with Crippen LogP contribution in [0.25, 0.3) is 11.6 Å². The third kappa shape index (κ3) is 5.00. The molecule has 0 atom stereocenters. The van der Waals surface area contributed by atoms with Gasteiger partial charge in [-0.2, -0.15) is 26.3 Å². The summed E-state index contributed by atoms with van der Waals surface area (Å²) >= 11 is 0. The number of hydrogen-bond acceptors (Lipinski definition) is 2. The third-order valence-electron chi connectivity index (χ3n) is 3.39. The van der Waals surface area contributed by atoms with Gasteiger partial charge in [0, 0.05) is 0 Å². The molecule has 27 heavy (non-hydrogen) atoms. The monoisotopic (exact) mass is 406 g/mol. The number of allylic oxidation sites excluding steroid dienone is 3. The van der Waals surface area contributed by atoms with Crippen LogP contribution >= 0.6 is 0 Å². The highest BCUT2D eigenvalue weighted by atomic mass is 32.2. The fourth-order valence-electron chi connectivity index (χ4n) is 2.15. The number of sulfone groups is 1. The van der Waals surface area contributed by atoms with Gasteiger partial charge in [0.15, 0.2) is 4.91 Å². The number of benzene rings is 2. The van der Waals surface area contributed by atoms with Crippen molar-refractivity contribution in [2.75, 3.05) is 0 Å². The van der Waals surface area contributed by atoms with Gasteiger partial charge in [-0.15, -0.1) is 0 Å². The molecule has 0 bridgehead atoms. The van der Waals surface area contributed by atoms with E-state index >= 15 is 0 Å². The lowest BCUT2D eigenvalue weighted by Crippen LogP contribution is -2.31. The Bertz CT molecular complexity index is 941. The van der Waals surface area contributed by atoms with E-state index in [2.05, 4.69) is 0 Å². The predicted molar refractivity (Wildman–Crippen MR) is 89.9 cm³/mol. The van der Waals surface area contributed by atoms with Crippen LogP contribution in [0.3, 0.4) is 0 Å². The van der Waals surface area contributed by atoms with E-state index in [1.807, 2.05) is 0 Å². The van der Waals surface area contributed by atoms with Crippen LogP contribution in [0.4, 0.5) is 26.3 Å². The van der Waals surface area contributed by atoms with Crippen molar-refractivity contribution in [1.82, 2.24) is 0 Å². The second-order valence-corrected chi connectivity index (χ2v) is 7.24. The number of halogens is 6. The molecule has 2 aromatic carbocycles. The lowest BCUT2D eigenvalue weighted by atomic mass is 10.0. The average Bonchev–Trinajstić information content (AvgIpc) is 2.58. The first-order valence-electron chi connectivity index (χ1n) is 7.35. The fraction of sp³-hybridized carbons (Fsp3) is 0.111. The van der Waals surface area contributed by atoms with Gasteiger partial charge < -0.3 is 0 Å². The first kappa shape index (κ1) is 20.8. The topological polar surface area (TPSA) is 34.1 Å². The quantitative estimate of drug-likeness (QED) is 0.376. The normalized spacial score (nSPS) is 14.3. The van der Waals surface area contributed by atoms with Crippen LogP contribution < -0.4 is 0 Å². The Balaban J connectivity index is 2.75. The molecule has 0 aliphatic heterocycles. The van der Waals surface area contributed by atoms with Crippen LogP contribution in [-0.4, -0.2) is 20.1 Å². The molecule has 2 rings (SSSR count). The highest BCUT2D eigenvalue weighted by Crippen LogP contribution is 2.40. The second-order valence-electron chi connectivity index (χ2n) is 5.33. The highest BCUT2D eigenvalue weighted by molar-refractivity contribution is 7.96. The molecule has 0 spiro atoms. The van der Waals surface area contributed by atoms with Crippen molar-refractivity contribution in [3.05, 3.63) is 82.8 Å². The molecule has 2 nitrogen and oxygen atoms in total. The zero-order chi connectivity index (χ0) is 20.3. The summed E-state index contributed by atoms with van der Waals surface area (Å²) < 4.78 is 101. The molecule has 0 saturated heterocycles. The largest absolute Gasteiger partial charge is 0.501 e. The molecule has 0 aliphatic carbocycles. The molecule has 0 heterocycles. The van der Waals surface area contributed by atoms with Crippen LogP contribution in [-0.2, 0) is 9.84 Å². The molecule has 0 aliphatic rings. The minimum Gasteiger partial charge on any atom is -0.214 e. The summed E-state index contributed by atoms with van der Waals surface area (Å²) in [5, 5.41) is 0. The van der Waals surface area contributed by atoms with Gasteiger partial charge in [0.05, 0.1) is 0 Å². The molecular weight excluding hydrogens is 394 g/mol. The van der Waals surface area contributed by atoms with E-state index in [0.717, 1.165) is 0 Å². The summed E-state index contributed by atoms with van der Waals surface area (Å²) in [5.41, 5.74) is -5.90. The van der Waals surface area contributed by atoms with E-state index < -0.39 is 26.4 Å². The Hall–Kier alpha value is -2.55. The van der Waals surface area contributed by atoms with Crippen LogP contribution in [0.5, 0.6) is 0 Å². The van der Waals surface area contributed by atoms with Gasteiger partial charge in [-0.05, 0) is 28.9 Å². The van der Waals surface area contributed by atoms with Gasteiger partial charge in [0.2, 0.25) is 0 Å². The molecule has 144 valence electrons. The van der Waals surface area contributed by atoms with Gasteiger partial charge in [0.1, 0.15) is 0 Å². The average molecular weight is 406 g/mol. The minimum atomic E-state index is -6.60. The third-order valence-corrected chi connectivity index (χ3v) is 4.93. The van der Waals surface area contributed by atoms with Crippen molar-refractivity contribution in [3.63, 3.8) is 0 Å². The summed E-state index contributed by atoms with van der Waals surface area (Å²) in [6.45, 7) is 0. The maximum atomic E-state index is 13.2. The maximum absolute atomic E-state index is 13.2. The molecule has 0 radical (unpaired) electrons. The van der Waals surface area contributed by atoms with Crippen molar-refractivity contribution in [2.45, 2.75) is 11.7 Å². The Morgan fingerprint density at radius 2 is 1.26 bits per heavy atom. The standard InChI is InChI=1S/C18H12F6O2S/c19-17(20,21)16(27(25,26)18(22,23)24)12-15(14-9-5-2-6-10-14)11-13-7-3-1-4-8-13/h1-12H/b15-11?,16-12-. The van der Waals surface area contributed by atoms with Crippen molar-refractivity contribution in [3.8, 4) is 0 Å². The van der Waals surface area contributed by atoms with Gasteiger partial charge in [0.25, 0.3) is 9.84 Å². The molecule has 0 saturated carbocycles. The summed E-state index contributed by atoms with van der Waals surface area (Å²) in [4.78, 5) is -2.67. The lowest BCUT2D eigenvalue weighted by Gasteiger charge is -2.15. The molecular formula is C18H12F6O2S. The Morgan fingerprint density at radius 1 is 0.778 bits per heavy atom. The van der Waals surface area contributed by atoms with Gasteiger partial charge in [-0.25, -0.2) is 8.42 Å². The zero-order valence-corrected chi connectivity index (χ0v) is 14.2. The van der Waals surface area contributed by atoms with Crippen molar-refractivity contribution in [2.24, 2.45) is 0 Å². The lowest BCUT2D eigenvalue weighted by molar-refractivity contribution is -0.0893. The van der Waals surface area contributed by atoms with Gasteiger partial charge in [-0.1, -0.05) is 60.7 Å². The van der Waals surface area contributed by atoms with E-state index in [-0.39, 0.29) is 17.2 Å². The molecule has 0 aromatic heterocycles. The number of rotatable bonds is 4. The Labute approximate surface area is 151 Å². The van der Waals surface area contributed by atoms with Crippen molar-refractivity contribution in [1.29, 1.82) is 0 Å². The number of hydrogen-bond donors (Lipinski definition) is 0. The molecule has 0 fully saturated rings. The maximum Gasteiger partial charge on any atom is 0.501 e. The van der Waals surface area contributed by atoms with Crippen LogP contribution in [0, 0.1) is 0 Å². The molecule has 2 aromatic rings. The number of alkyl halides is 6. The van der Waals surface area contributed by atoms with Crippen molar-refractivity contribution >= 4 is 21.5 Å². The first-order valence-corrected chi connectivity index (χ1v) is 8.83. The van der Waals surface area contributed by atoms with E-state index in [9.17, 15) is 34.8 Å². The molecule has 9 heteroatoms. The van der Waals surface area contributed by atoms with Gasteiger partial charge in [-0.3, -0.25) is 0 Å². The SMILES string of the molecule is O=S(=O)(/C(=C\C(=Cc1ccccc1)c1ccccc1)C(F)(F)F)C(F)(F)F. The minimum absolute atomic E-state index is 0.00512. The van der Waals surface area contributed by atoms with E-state index in [4.69, 9.17) is 0 Å². The molecule has 0 unspecified atom stereocenters. The van der Waals surface area contributed by atoms with E-state index in [1.54, 1.807) is 24.3 Å². The highest BCUT2D eigenvalue weighted by Gasteiger charge is 2.56. The van der Waals surface area contributed by atoms with Gasteiger partial charge >= 0.3 is 11.7 Å². The Kier molecular flexibility index (Phi) is 5.84. The van der Waals surface area contributed by atoms with Crippen LogP contribution in [0.15, 0.2) is 71.6 Å². The van der Waals surface area contributed by atoms with Crippen LogP contribution in [0.1, 0.15) is 11.1 Å². The second kappa shape index (κ2) is 7.59. The molecule has 0 N–H and O–H groups in total. The van der Waals surface area contributed by atoms with E-state index in [0.29, 0.717) is 5.56 Å². The first-order chi connectivity index (χ1) is 12.4. The predicted octanol–water partition coefficient (Wildman–Crippen LogP) is 5.61. The zero-order valence-electron chi connectivity index (χ0n) is 13.4. The summed E-state index contributed by atoms with van der Waals surface area (Å²) in [7, 11) is -6.60. The summed E-state index contributed by atoms with van der Waals surface area (Å²) in [5.74, 6) is 0. The smallest absolute Gasteiger partial charge is 0.214 e. The fourth-order valence-corrected chi connectivity index (χ4v) is 2.98. The molecule has 0 amide bonds. The Morgan fingerprint density at radius 3 is 1.70 bits per heavy atom. The summed E-state index contributed by atoms with van der Waals surface area (Å²) in [6.07, 6.45) is -4.54. The van der Waals surface area contributed by atoms with Crippen molar-refractivity contribution < 1.29 is 34.8 Å².